The summed E-state index contributed by atoms with van der Waals surface area (Å²) in [6.45, 7) is 0. The topological polar surface area (TPSA) is 85.1 Å². The molecule has 0 fully saturated rings. The first-order chi connectivity index (χ1) is 12.3. The summed E-state index contributed by atoms with van der Waals surface area (Å²) in [4.78, 5) is 12.2. The average Bonchev–Trinajstić information content (AvgIpc) is 3.28. The quantitative estimate of drug-likeness (QED) is 0.545. The second kappa shape index (κ2) is 6.99. The van der Waals surface area contributed by atoms with Crippen molar-refractivity contribution in [2.45, 2.75) is 10.9 Å². The number of aromatic nitrogens is 5. The van der Waals surface area contributed by atoms with Crippen LogP contribution < -0.4 is 5.32 Å². The van der Waals surface area contributed by atoms with Crippen LogP contribution in [0.25, 0.3) is 5.65 Å². The van der Waals surface area contributed by atoms with Gasteiger partial charge in [0.05, 0.1) is 5.75 Å². The number of anilines is 1. The van der Waals surface area contributed by atoms with Crippen molar-refractivity contribution in [2.75, 3.05) is 5.32 Å². The van der Waals surface area contributed by atoms with Gasteiger partial charge in [0.15, 0.2) is 10.8 Å². The number of nitrogens with zero attached hydrogens (tertiary/aromatic N) is 5. The maximum atomic E-state index is 12.2. The molecule has 124 valence electrons. The predicted octanol–water partition coefficient (Wildman–Crippen LogP) is 3.13. The van der Waals surface area contributed by atoms with Gasteiger partial charge in [-0.3, -0.25) is 9.20 Å². The van der Waals surface area contributed by atoms with Gasteiger partial charge in [0, 0.05) is 11.9 Å². The third-order valence-electron chi connectivity index (χ3n) is 3.30. The lowest BCUT2D eigenvalue weighted by Gasteiger charge is -2.00. The minimum atomic E-state index is -0.257. The van der Waals surface area contributed by atoms with Crippen molar-refractivity contribution in [3.63, 3.8) is 0 Å². The summed E-state index contributed by atoms with van der Waals surface area (Å²) < 4.78 is 1.91. The largest absolute Gasteiger partial charge is 0.320 e. The Morgan fingerprint density at radius 1 is 1.04 bits per heavy atom. The van der Waals surface area contributed by atoms with Crippen LogP contribution >= 0.6 is 23.1 Å². The second-order valence-electron chi connectivity index (χ2n) is 5.02. The van der Waals surface area contributed by atoms with Gasteiger partial charge in [-0.2, -0.15) is 0 Å². The second-order valence-corrected chi connectivity index (χ2v) is 7.03. The van der Waals surface area contributed by atoms with Crippen LogP contribution in [-0.4, -0.2) is 30.7 Å². The zero-order valence-electron chi connectivity index (χ0n) is 12.9. The van der Waals surface area contributed by atoms with Crippen molar-refractivity contribution in [1.82, 2.24) is 24.8 Å². The Morgan fingerprint density at radius 3 is 2.76 bits per heavy atom. The number of thioether (sulfide) groups is 1. The van der Waals surface area contributed by atoms with Crippen LogP contribution in [0, 0.1) is 0 Å². The average molecular weight is 368 g/mol. The third kappa shape index (κ3) is 3.52. The highest BCUT2D eigenvalue weighted by molar-refractivity contribution is 7.98. The van der Waals surface area contributed by atoms with Crippen LogP contribution in [0.2, 0.25) is 0 Å². The number of carbonyl (C=O) groups is 1. The number of hydrogen-bond acceptors (Lipinski definition) is 7. The van der Waals surface area contributed by atoms with Crippen molar-refractivity contribution >= 4 is 40.3 Å². The molecule has 25 heavy (non-hydrogen) atoms. The molecule has 0 radical (unpaired) electrons. The number of carbonyl (C=O) groups excluding carboxylic acids is 1. The lowest BCUT2D eigenvalue weighted by atomic mass is 10.3. The Hall–Kier alpha value is -2.78. The molecule has 0 spiro atoms. The maximum Gasteiger partial charge on any atom is 0.286 e. The van der Waals surface area contributed by atoms with E-state index < -0.39 is 0 Å². The van der Waals surface area contributed by atoms with Gasteiger partial charge in [0.2, 0.25) is 5.01 Å². The SMILES string of the molecule is O=C(Nc1ccccc1)c1nnc(CSc2nnc3ccccn23)s1. The van der Waals surface area contributed by atoms with Gasteiger partial charge in [0.1, 0.15) is 5.01 Å². The van der Waals surface area contributed by atoms with Crippen molar-refractivity contribution in [3.05, 3.63) is 64.7 Å². The molecule has 4 rings (SSSR count). The Balaban J connectivity index is 1.42. The number of nitrogens with one attached hydrogen (secondary N) is 1. The molecule has 7 nitrogen and oxygen atoms in total. The number of benzene rings is 1. The maximum absolute atomic E-state index is 12.2. The molecule has 9 heteroatoms. The molecular weight excluding hydrogens is 356 g/mol. The zero-order chi connectivity index (χ0) is 17.1. The molecule has 0 aliphatic carbocycles. The molecule has 3 aromatic heterocycles. The van der Waals surface area contributed by atoms with Gasteiger partial charge in [-0.15, -0.1) is 20.4 Å². The molecule has 0 aliphatic rings. The Labute approximate surface area is 151 Å². The van der Waals surface area contributed by atoms with Gasteiger partial charge >= 0.3 is 0 Å². The summed E-state index contributed by atoms with van der Waals surface area (Å²) in [7, 11) is 0. The fraction of sp³-hybridized carbons (Fsp3) is 0.0625. The molecule has 4 aromatic rings. The number of amides is 1. The number of pyridine rings is 1. The van der Waals surface area contributed by atoms with E-state index in [0.717, 1.165) is 21.5 Å². The fourth-order valence-corrected chi connectivity index (χ4v) is 3.80. The zero-order valence-corrected chi connectivity index (χ0v) is 14.5. The van der Waals surface area contributed by atoms with E-state index in [0.29, 0.717) is 10.8 Å². The number of rotatable bonds is 5. The Bertz CT molecular complexity index is 1010. The number of hydrogen-bond donors (Lipinski definition) is 1. The number of fused-ring (bicyclic) bond motifs is 1. The fourth-order valence-electron chi connectivity index (χ4n) is 2.15. The Morgan fingerprint density at radius 2 is 1.88 bits per heavy atom. The van der Waals surface area contributed by atoms with Gasteiger partial charge in [-0.05, 0) is 24.3 Å². The molecule has 1 aromatic carbocycles. The molecule has 0 unspecified atom stereocenters. The third-order valence-corrected chi connectivity index (χ3v) is 5.36. The van der Waals surface area contributed by atoms with Crippen molar-refractivity contribution in [1.29, 1.82) is 0 Å². The standard InChI is InChI=1S/C16H12N6OS2/c23-14(17-11-6-2-1-3-7-11)15-20-19-13(25-15)10-24-16-21-18-12-8-4-5-9-22(12)16/h1-9H,10H2,(H,17,23). The first-order valence-corrected chi connectivity index (χ1v) is 9.21. The van der Waals surface area contributed by atoms with Crippen LogP contribution in [0.4, 0.5) is 5.69 Å². The normalized spacial score (nSPS) is 10.9. The molecule has 0 bridgehead atoms. The number of para-hydroxylation sites is 1. The highest BCUT2D eigenvalue weighted by Crippen LogP contribution is 2.23. The molecular formula is C16H12N6OS2. The van der Waals surface area contributed by atoms with E-state index in [2.05, 4.69) is 25.7 Å². The predicted molar refractivity (Wildman–Crippen MR) is 96.9 cm³/mol. The molecule has 0 saturated carbocycles. The van der Waals surface area contributed by atoms with E-state index in [4.69, 9.17) is 0 Å². The minimum absolute atomic E-state index is 0.257. The van der Waals surface area contributed by atoms with E-state index in [9.17, 15) is 4.79 Å². The summed E-state index contributed by atoms with van der Waals surface area (Å²) in [5.74, 6) is 0.319. The van der Waals surface area contributed by atoms with Crippen LogP contribution in [0.15, 0.2) is 59.9 Å². The first-order valence-electron chi connectivity index (χ1n) is 7.41. The van der Waals surface area contributed by atoms with Crippen LogP contribution in [0.3, 0.4) is 0 Å². The van der Waals surface area contributed by atoms with E-state index >= 15 is 0 Å². The molecule has 1 N–H and O–H groups in total. The lowest BCUT2D eigenvalue weighted by Crippen LogP contribution is -2.11. The molecule has 0 saturated heterocycles. The minimum Gasteiger partial charge on any atom is -0.320 e. The smallest absolute Gasteiger partial charge is 0.286 e. The highest BCUT2D eigenvalue weighted by atomic mass is 32.2. The summed E-state index contributed by atoms with van der Waals surface area (Å²) in [6, 6.07) is 15.0. The van der Waals surface area contributed by atoms with Gasteiger partial charge in [0.25, 0.3) is 5.91 Å². The Kier molecular flexibility index (Phi) is 4.40. The van der Waals surface area contributed by atoms with Crippen LogP contribution in [-0.2, 0) is 5.75 Å². The van der Waals surface area contributed by atoms with Crippen LogP contribution in [0.5, 0.6) is 0 Å². The lowest BCUT2D eigenvalue weighted by molar-refractivity contribution is 0.102. The van der Waals surface area contributed by atoms with E-state index in [1.165, 1.54) is 23.1 Å². The highest BCUT2D eigenvalue weighted by Gasteiger charge is 2.14. The molecule has 1 amide bonds. The van der Waals surface area contributed by atoms with Crippen molar-refractivity contribution in [2.24, 2.45) is 0 Å². The van der Waals surface area contributed by atoms with Gasteiger partial charge in [-0.1, -0.05) is 47.4 Å². The monoisotopic (exact) mass is 368 g/mol. The molecule has 0 aliphatic heterocycles. The first kappa shape index (κ1) is 15.7. The van der Waals surface area contributed by atoms with Crippen LogP contribution in [0.1, 0.15) is 14.8 Å². The summed E-state index contributed by atoms with van der Waals surface area (Å²) >= 11 is 2.78. The molecule has 3 heterocycles. The van der Waals surface area contributed by atoms with Crippen molar-refractivity contribution < 1.29 is 4.79 Å². The summed E-state index contributed by atoms with van der Waals surface area (Å²) in [6.07, 6.45) is 1.91. The molecule has 0 atom stereocenters. The summed E-state index contributed by atoms with van der Waals surface area (Å²) in [5.41, 5.74) is 1.53. The van der Waals surface area contributed by atoms with Crippen molar-refractivity contribution in [3.8, 4) is 0 Å². The summed E-state index contributed by atoms with van der Waals surface area (Å²) in [5, 5.41) is 21.0. The van der Waals surface area contributed by atoms with E-state index in [-0.39, 0.29) is 5.91 Å². The van der Waals surface area contributed by atoms with E-state index in [1.807, 2.05) is 59.1 Å². The van der Waals surface area contributed by atoms with Gasteiger partial charge in [-0.25, -0.2) is 0 Å². The van der Waals surface area contributed by atoms with E-state index in [1.54, 1.807) is 0 Å². The van der Waals surface area contributed by atoms with Gasteiger partial charge < -0.3 is 5.32 Å².